The molecule has 15 atom stereocenters. The number of nitrogens with one attached hydrogen (secondary N) is 11. The molecular weight excluding hydrogens is 1300 g/mol. The molecule has 0 aromatic rings. The number of aliphatic hydroxyl groups is 1. The lowest BCUT2D eigenvalue weighted by atomic mass is 9.96. The number of carboxylic acids is 1. The molecule has 1 heterocycles. The van der Waals surface area contributed by atoms with Crippen molar-refractivity contribution in [1.82, 2.24) is 63.4 Å². The molecule has 0 aromatic heterocycles. The molecule has 0 aromatic carbocycles. The lowest BCUT2D eigenvalue weighted by Crippen LogP contribution is -2.61. The van der Waals surface area contributed by atoms with Gasteiger partial charge in [-0.15, -0.1) is 0 Å². The predicted molar refractivity (Wildman–Crippen MR) is 360 cm³/mol. The highest BCUT2D eigenvalue weighted by molar-refractivity contribution is 7.80. The number of primary amides is 1. The highest BCUT2D eigenvalue weighted by Crippen LogP contribution is 2.23. The molecule has 0 radical (unpaired) electrons. The van der Waals surface area contributed by atoms with Gasteiger partial charge in [0.2, 0.25) is 76.8 Å². The number of rotatable bonds is 47. The molecule has 546 valence electrons. The number of carboxylic acid groups (broad SMARTS) is 1. The Labute approximate surface area is 570 Å². The highest BCUT2D eigenvalue weighted by atomic mass is 32.1. The van der Waals surface area contributed by atoms with Crippen LogP contribution in [0.2, 0.25) is 0 Å². The molecule has 27 N–H and O–H groups in total. The number of aliphatic imine (C=N–C) groups is 1. The van der Waals surface area contributed by atoms with Crippen LogP contribution in [0.15, 0.2) is 4.99 Å². The fourth-order valence-electron chi connectivity index (χ4n) is 9.59. The Morgan fingerprint density at radius 1 is 0.500 bits per heavy atom. The molecule has 1 saturated heterocycles. The van der Waals surface area contributed by atoms with Gasteiger partial charge in [0.05, 0.1) is 12.5 Å². The monoisotopic (exact) mass is 1400 g/mol. The van der Waals surface area contributed by atoms with Crippen molar-refractivity contribution in [2.45, 2.75) is 223 Å². The zero-order chi connectivity index (χ0) is 72.9. The maximum absolute atomic E-state index is 14.8. The lowest BCUT2D eigenvalue weighted by molar-refractivity contribution is -0.144. The van der Waals surface area contributed by atoms with E-state index in [4.69, 9.17) is 40.1 Å². The number of aliphatic hydroxyl groups excluding tert-OH is 1. The summed E-state index contributed by atoms with van der Waals surface area (Å²) in [6.45, 7) is 9.30. The van der Waals surface area contributed by atoms with Crippen LogP contribution >= 0.6 is 25.3 Å². The van der Waals surface area contributed by atoms with Crippen molar-refractivity contribution in [2.24, 2.45) is 51.0 Å². The van der Waals surface area contributed by atoms with E-state index in [1.54, 1.807) is 13.8 Å². The molecule has 38 heteroatoms. The van der Waals surface area contributed by atoms with Crippen molar-refractivity contribution < 1.29 is 77.3 Å². The van der Waals surface area contributed by atoms with E-state index < -0.39 is 180 Å². The van der Waals surface area contributed by atoms with Crippen molar-refractivity contribution in [3.8, 4) is 0 Å². The zero-order valence-electron chi connectivity index (χ0n) is 55.7. The summed E-state index contributed by atoms with van der Waals surface area (Å²) in [6.07, 6.45) is 0.991. The molecule has 0 saturated carbocycles. The number of aliphatic carboxylic acids is 1. The number of carbonyl (C=O) groups is 14. The van der Waals surface area contributed by atoms with Gasteiger partial charge in [0.1, 0.15) is 78.5 Å². The highest BCUT2D eigenvalue weighted by Gasteiger charge is 2.42. The van der Waals surface area contributed by atoms with Gasteiger partial charge in [-0.2, -0.15) is 25.3 Å². The summed E-state index contributed by atoms with van der Waals surface area (Å²) in [5.74, 6) is -14.0. The fourth-order valence-corrected chi connectivity index (χ4v) is 10.1. The molecule has 1 rings (SSSR count). The minimum atomic E-state index is -1.67. The van der Waals surface area contributed by atoms with Gasteiger partial charge in [-0.1, -0.05) is 20.3 Å². The Kier molecular flexibility index (Phi) is 41.1. The topological polar surface area (TPSA) is 610 Å². The molecular formula is C58H106N20O16S2. The number of nitrogens with zero attached hydrogens (tertiary/aromatic N) is 2. The van der Waals surface area contributed by atoms with Crippen LogP contribution in [-0.2, 0) is 67.1 Å². The summed E-state index contributed by atoms with van der Waals surface area (Å²) in [5, 5.41) is 46.9. The molecule has 0 bridgehead atoms. The number of guanidine groups is 1. The first-order chi connectivity index (χ1) is 45.2. The summed E-state index contributed by atoms with van der Waals surface area (Å²) >= 11 is 8.31. The van der Waals surface area contributed by atoms with Gasteiger partial charge in [-0.25, -0.2) is 4.79 Å². The normalized spacial score (nSPS) is 17.1. The van der Waals surface area contributed by atoms with Crippen molar-refractivity contribution in [1.29, 1.82) is 0 Å². The fraction of sp³-hybridized carbons (Fsp3) is 0.741. The van der Waals surface area contributed by atoms with Gasteiger partial charge in [-0.3, -0.25) is 67.3 Å². The average Bonchev–Trinajstić information content (AvgIpc) is 1.59. The van der Waals surface area contributed by atoms with Crippen LogP contribution in [0.5, 0.6) is 0 Å². The number of likely N-dealkylation sites (tertiary alicyclic amines) is 1. The van der Waals surface area contributed by atoms with Gasteiger partial charge < -0.3 is 114 Å². The largest absolute Gasteiger partial charge is 0.480 e. The van der Waals surface area contributed by atoms with Crippen molar-refractivity contribution in [3.05, 3.63) is 0 Å². The SMILES string of the molecule is CC[C@H](C)[C@H](NC(=O)[C@H](CCCN=C(N)N)NC(=O)[C@H](CCCCN)NC(=O)[C@H](CS)NC(=O)[C@H](C)NC(=O)[C@H](C)NC(=O)[C@H](C)NC(=O)[C@H](CS)NC(=O)[C@@H](N)[C@@H](C)O)C(=O)N1CCC[C@H]1C(=O)N[C@@H](CC(N)=O)C(=O)N[C@@H](CCCCN)C(=O)N[C@@H](CCCCN)C(=O)O. The summed E-state index contributed by atoms with van der Waals surface area (Å²) in [6, 6.07) is -17.6. The summed E-state index contributed by atoms with van der Waals surface area (Å²) in [4.78, 5) is 194. The second kappa shape index (κ2) is 45.7. The van der Waals surface area contributed by atoms with Crippen LogP contribution in [0, 0.1) is 5.92 Å². The molecule has 1 fully saturated rings. The summed E-state index contributed by atoms with van der Waals surface area (Å²) in [7, 11) is 0. The molecule has 0 unspecified atom stereocenters. The first-order valence-electron chi connectivity index (χ1n) is 32.2. The van der Waals surface area contributed by atoms with E-state index in [2.05, 4.69) is 88.7 Å². The van der Waals surface area contributed by atoms with Gasteiger partial charge >= 0.3 is 5.97 Å². The van der Waals surface area contributed by atoms with Crippen LogP contribution < -0.4 is 98.6 Å². The number of thiol groups is 2. The standard InChI is InChI=1S/C58H106N20O16S2/c1-7-29(2)44(56(92)78-25-15-20-41(78)54(90)74-38(26-42(62)80)51(87)71-35(17-9-12-22-60)49(85)73-37(57(93)94)18-10-13-23-61)77-50(86)36(19-14-24-66-58(64)65)70-48(84)34(16-8-11-21-59)72-53(89)40(28-96)75-47(83)32(5)68-45(81)30(3)67-46(82)31(4)69-52(88)39(27-95)76-55(91)43(63)33(6)79/h29-41,43-44,79,95-96H,7-28,59-61,63H2,1-6H3,(H2,62,80)(H,67,82)(H,68,81)(H,69,88)(H,70,84)(H,71,87)(H,72,89)(H,73,85)(H,74,90)(H,75,83)(H,76,91)(H,77,86)(H,93,94)(H4,64,65,66)/t29-,30-,31-,32-,33+,34-,35-,36-,37-,38-,39-,40-,41-,43-,44-/m0/s1. The van der Waals surface area contributed by atoms with Crippen molar-refractivity contribution in [2.75, 3.05) is 44.2 Å². The Hall–Kier alpha value is -7.65. The number of amides is 13. The maximum atomic E-state index is 14.8. The first-order valence-corrected chi connectivity index (χ1v) is 33.5. The van der Waals surface area contributed by atoms with Crippen molar-refractivity contribution in [3.63, 3.8) is 0 Å². The Bertz CT molecular complexity index is 2640. The third-order valence-corrected chi connectivity index (χ3v) is 16.4. The van der Waals surface area contributed by atoms with E-state index in [9.17, 15) is 77.3 Å². The third-order valence-electron chi connectivity index (χ3n) is 15.7. The number of carbonyl (C=O) groups excluding carboxylic acids is 13. The minimum absolute atomic E-state index is 0.00245. The first kappa shape index (κ1) is 86.4. The van der Waals surface area contributed by atoms with E-state index in [0.29, 0.717) is 45.1 Å². The van der Waals surface area contributed by atoms with E-state index in [0.717, 1.165) is 0 Å². The Balaban J connectivity index is 3.41. The quantitative estimate of drug-likeness (QED) is 0.0116. The van der Waals surface area contributed by atoms with Crippen LogP contribution in [0.3, 0.4) is 0 Å². The smallest absolute Gasteiger partial charge is 0.326 e. The van der Waals surface area contributed by atoms with Crippen molar-refractivity contribution >= 4 is 114 Å². The molecule has 0 spiro atoms. The van der Waals surface area contributed by atoms with Gasteiger partial charge in [-0.05, 0) is 137 Å². The number of hydrogen-bond donors (Lipinski definition) is 22. The second-order valence-corrected chi connectivity index (χ2v) is 24.4. The van der Waals surface area contributed by atoms with Crippen LogP contribution in [0.1, 0.15) is 138 Å². The number of nitrogens with two attached hydrogens (primary N) is 7. The number of hydrogen-bond acceptors (Lipinski definition) is 22. The van der Waals surface area contributed by atoms with E-state index in [1.165, 1.54) is 32.6 Å². The average molecular weight is 1400 g/mol. The number of unbranched alkanes of at least 4 members (excludes halogenated alkanes) is 3. The Morgan fingerprint density at radius 3 is 1.29 bits per heavy atom. The minimum Gasteiger partial charge on any atom is -0.480 e. The third kappa shape index (κ3) is 31.0. The second-order valence-electron chi connectivity index (χ2n) is 23.6. The molecule has 36 nitrogen and oxygen atoms in total. The van der Waals surface area contributed by atoms with Gasteiger partial charge in [0, 0.05) is 24.6 Å². The van der Waals surface area contributed by atoms with E-state index >= 15 is 0 Å². The summed E-state index contributed by atoms with van der Waals surface area (Å²) in [5.41, 5.74) is 39.3. The van der Waals surface area contributed by atoms with Gasteiger partial charge in [0.15, 0.2) is 5.96 Å². The van der Waals surface area contributed by atoms with Crippen LogP contribution in [0.25, 0.3) is 0 Å². The Morgan fingerprint density at radius 2 is 0.875 bits per heavy atom. The van der Waals surface area contributed by atoms with Gasteiger partial charge in [0.25, 0.3) is 0 Å². The maximum Gasteiger partial charge on any atom is 0.326 e. The zero-order valence-corrected chi connectivity index (χ0v) is 57.4. The molecule has 13 amide bonds. The lowest BCUT2D eigenvalue weighted by Gasteiger charge is -2.33. The van der Waals surface area contributed by atoms with Crippen LogP contribution in [-0.4, -0.2) is 233 Å². The summed E-state index contributed by atoms with van der Waals surface area (Å²) < 4.78 is 0. The van der Waals surface area contributed by atoms with Crippen LogP contribution in [0.4, 0.5) is 0 Å². The molecule has 96 heavy (non-hydrogen) atoms. The van der Waals surface area contributed by atoms with E-state index in [1.807, 2.05) is 0 Å². The predicted octanol–water partition coefficient (Wildman–Crippen LogP) is -7.62. The molecule has 0 aliphatic carbocycles. The molecule has 1 aliphatic rings. The van der Waals surface area contributed by atoms with E-state index in [-0.39, 0.29) is 95.0 Å². The molecule has 1 aliphatic heterocycles.